The fraction of sp³-hybridized carbons (Fsp3) is 0.308. The third kappa shape index (κ3) is 2.42. The molecule has 20 heavy (non-hydrogen) atoms. The number of aryl methyl sites for hydroxylation is 1. The first-order valence-corrected chi connectivity index (χ1v) is 6.20. The Morgan fingerprint density at radius 3 is 2.90 bits per heavy atom. The van der Waals surface area contributed by atoms with Crippen LogP contribution in [0.5, 0.6) is 0 Å². The number of aliphatic imine (C=N–C) groups is 1. The molecular weight excluding hydrogens is 258 g/mol. The molecule has 0 unspecified atom stereocenters. The topological polar surface area (TPSA) is 109 Å². The third-order valence-corrected chi connectivity index (χ3v) is 3.01. The van der Waals surface area contributed by atoms with Crippen LogP contribution in [-0.2, 0) is 18.3 Å². The summed E-state index contributed by atoms with van der Waals surface area (Å²) in [6, 6.07) is 1.83. The number of guanidine groups is 1. The van der Waals surface area contributed by atoms with E-state index in [1.54, 1.807) is 19.3 Å². The number of carbonyl (C=O) groups is 1. The molecule has 2 rings (SSSR count). The number of pyridine rings is 1. The average molecular weight is 275 g/mol. The summed E-state index contributed by atoms with van der Waals surface area (Å²) >= 11 is 0. The van der Waals surface area contributed by atoms with E-state index >= 15 is 0 Å². The number of ether oxygens (including phenoxy) is 1. The van der Waals surface area contributed by atoms with Crippen LogP contribution < -0.4 is 11.5 Å². The number of rotatable bonds is 4. The fourth-order valence-corrected chi connectivity index (χ4v) is 2.12. The van der Waals surface area contributed by atoms with E-state index in [-0.39, 0.29) is 12.5 Å². The van der Waals surface area contributed by atoms with Crippen LogP contribution >= 0.6 is 0 Å². The van der Waals surface area contributed by atoms with E-state index in [1.165, 1.54) is 0 Å². The molecule has 0 aliphatic heterocycles. The highest BCUT2D eigenvalue weighted by molar-refractivity contribution is 6.05. The van der Waals surface area contributed by atoms with Crippen molar-refractivity contribution in [3.05, 3.63) is 29.7 Å². The molecule has 7 heteroatoms. The van der Waals surface area contributed by atoms with Gasteiger partial charge in [-0.25, -0.2) is 9.79 Å². The van der Waals surface area contributed by atoms with Crippen molar-refractivity contribution in [2.45, 2.75) is 13.5 Å². The second kappa shape index (κ2) is 5.60. The summed E-state index contributed by atoms with van der Waals surface area (Å²) in [5.74, 6) is -0.421. The second-order valence-corrected chi connectivity index (χ2v) is 4.24. The van der Waals surface area contributed by atoms with Gasteiger partial charge in [-0.3, -0.25) is 4.98 Å². The summed E-state index contributed by atoms with van der Waals surface area (Å²) in [6.07, 6.45) is 3.31. The molecule has 4 N–H and O–H groups in total. The Labute approximate surface area is 116 Å². The van der Waals surface area contributed by atoms with Gasteiger partial charge in [-0.1, -0.05) is 0 Å². The van der Waals surface area contributed by atoms with E-state index in [0.29, 0.717) is 17.9 Å². The lowest BCUT2D eigenvalue weighted by Gasteiger charge is -2.05. The highest BCUT2D eigenvalue weighted by Crippen LogP contribution is 2.26. The van der Waals surface area contributed by atoms with Gasteiger partial charge in [-0.2, -0.15) is 0 Å². The first kappa shape index (κ1) is 13.9. The molecule has 0 spiro atoms. The molecule has 7 nitrogen and oxygen atoms in total. The lowest BCUT2D eigenvalue weighted by atomic mass is 10.1. The van der Waals surface area contributed by atoms with Crippen LogP contribution in [0.4, 0.5) is 0 Å². The van der Waals surface area contributed by atoms with Gasteiger partial charge in [0.15, 0.2) is 5.96 Å². The molecule has 0 aliphatic carbocycles. The van der Waals surface area contributed by atoms with Crippen LogP contribution in [0.1, 0.15) is 23.0 Å². The fourth-order valence-electron chi connectivity index (χ4n) is 2.12. The van der Waals surface area contributed by atoms with Gasteiger partial charge in [-0.15, -0.1) is 0 Å². The second-order valence-electron chi connectivity index (χ2n) is 4.24. The highest BCUT2D eigenvalue weighted by atomic mass is 16.5. The number of esters is 1. The van der Waals surface area contributed by atoms with Gasteiger partial charge in [0.1, 0.15) is 0 Å². The summed E-state index contributed by atoms with van der Waals surface area (Å²) in [5, 5.41) is 0.731. The zero-order valence-electron chi connectivity index (χ0n) is 11.5. The molecule has 2 aromatic heterocycles. The number of nitrogens with two attached hydrogens (primary N) is 2. The van der Waals surface area contributed by atoms with E-state index < -0.39 is 5.97 Å². The smallest absolute Gasteiger partial charge is 0.340 e. The zero-order valence-corrected chi connectivity index (χ0v) is 11.5. The third-order valence-electron chi connectivity index (χ3n) is 3.01. The summed E-state index contributed by atoms with van der Waals surface area (Å²) in [7, 11) is 1.85. The molecule has 0 bridgehead atoms. The lowest BCUT2D eigenvalue weighted by Crippen LogP contribution is -2.23. The first-order chi connectivity index (χ1) is 9.56. The van der Waals surface area contributed by atoms with Crippen molar-refractivity contribution in [3.63, 3.8) is 0 Å². The maximum Gasteiger partial charge on any atom is 0.340 e. The molecule has 2 aromatic rings. The molecule has 0 saturated heterocycles. The van der Waals surface area contributed by atoms with Gasteiger partial charge in [0.25, 0.3) is 0 Å². The molecule has 0 atom stereocenters. The molecule has 0 fully saturated rings. The molecule has 0 aliphatic rings. The van der Waals surface area contributed by atoms with Crippen molar-refractivity contribution >= 4 is 22.8 Å². The van der Waals surface area contributed by atoms with Gasteiger partial charge < -0.3 is 20.8 Å². The Hall–Kier alpha value is -2.57. The van der Waals surface area contributed by atoms with Crippen LogP contribution in [0, 0.1) is 0 Å². The number of nitrogens with zero attached hydrogens (tertiary/aromatic N) is 3. The number of fused-ring (bicyclic) bond motifs is 1. The molecule has 0 saturated carbocycles. The molecular formula is C13H17N5O2. The zero-order chi connectivity index (χ0) is 14.7. The predicted molar refractivity (Wildman–Crippen MR) is 76.2 cm³/mol. The van der Waals surface area contributed by atoms with E-state index in [0.717, 1.165) is 10.9 Å². The molecule has 106 valence electrons. The SMILES string of the molecule is CCOC(=O)c1c(CN=C(N)N)n(C)c2ccncc12. The standard InChI is InChI=1S/C13H17N5O2/c1-3-20-12(19)11-8-6-16-5-4-9(8)18(2)10(11)7-17-13(14)15/h4-6H,3,7H2,1-2H3,(H4,14,15,17). The van der Waals surface area contributed by atoms with Gasteiger partial charge in [0.2, 0.25) is 0 Å². The molecule has 0 radical (unpaired) electrons. The predicted octanol–water partition coefficient (Wildman–Crippen LogP) is 0.523. The van der Waals surface area contributed by atoms with Crippen molar-refractivity contribution in [1.29, 1.82) is 0 Å². The number of hydrogen-bond donors (Lipinski definition) is 2. The molecule has 2 heterocycles. The monoisotopic (exact) mass is 275 g/mol. The highest BCUT2D eigenvalue weighted by Gasteiger charge is 2.21. The number of carbonyl (C=O) groups excluding carboxylic acids is 1. The largest absolute Gasteiger partial charge is 0.462 e. The number of aromatic nitrogens is 2. The summed E-state index contributed by atoms with van der Waals surface area (Å²) in [6.45, 7) is 2.27. The molecule has 0 aromatic carbocycles. The van der Waals surface area contributed by atoms with Gasteiger partial charge in [0.05, 0.1) is 29.9 Å². The average Bonchev–Trinajstić information content (AvgIpc) is 2.70. The Morgan fingerprint density at radius 2 is 2.25 bits per heavy atom. The van der Waals surface area contributed by atoms with Crippen LogP contribution in [0.3, 0.4) is 0 Å². The van der Waals surface area contributed by atoms with E-state index in [4.69, 9.17) is 16.2 Å². The first-order valence-electron chi connectivity index (χ1n) is 6.20. The maximum atomic E-state index is 12.2. The van der Waals surface area contributed by atoms with Crippen molar-refractivity contribution in [2.24, 2.45) is 23.5 Å². The van der Waals surface area contributed by atoms with Crippen LogP contribution in [0.2, 0.25) is 0 Å². The van der Waals surface area contributed by atoms with Crippen molar-refractivity contribution in [1.82, 2.24) is 9.55 Å². The number of hydrogen-bond acceptors (Lipinski definition) is 4. The van der Waals surface area contributed by atoms with Crippen molar-refractivity contribution in [2.75, 3.05) is 6.61 Å². The van der Waals surface area contributed by atoms with Gasteiger partial charge in [0, 0.05) is 24.8 Å². The summed E-state index contributed by atoms with van der Waals surface area (Å²) < 4.78 is 6.98. The van der Waals surface area contributed by atoms with Crippen LogP contribution in [0.25, 0.3) is 10.9 Å². The summed E-state index contributed by atoms with van der Waals surface area (Å²) in [4.78, 5) is 20.2. The molecule has 0 amide bonds. The van der Waals surface area contributed by atoms with Gasteiger partial charge in [-0.05, 0) is 13.0 Å². The Bertz CT molecular complexity index is 671. The minimum Gasteiger partial charge on any atom is -0.462 e. The summed E-state index contributed by atoms with van der Waals surface area (Å²) in [5.41, 5.74) is 12.8. The minimum atomic E-state index is -0.396. The Kier molecular flexibility index (Phi) is 3.88. The Morgan fingerprint density at radius 1 is 1.50 bits per heavy atom. The minimum absolute atomic E-state index is 0.0248. The lowest BCUT2D eigenvalue weighted by molar-refractivity contribution is 0.0527. The van der Waals surface area contributed by atoms with Crippen LogP contribution in [-0.4, -0.2) is 28.1 Å². The Balaban J connectivity index is 2.63. The van der Waals surface area contributed by atoms with Crippen molar-refractivity contribution < 1.29 is 9.53 Å². The van der Waals surface area contributed by atoms with Crippen LogP contribution in [0.15, 0.2) is 23.5 Å². The maximum absolute atomic E-state index is 12.2. The van der Waals surface area contributed by atoms with E-state index in [1.807, 2.05) is 17.7 Å². The normalized spacial score (nSPS) is 10.5. The van der Waals surface area contributed by atoms with Crippen molar-refractivity contribution in [3.8, 4) is 0 Å². The van der Waals surface area contributed by atoms with E-state index in [2.05, 4.69) is 9.98 Å². The quantitative estimate of drug-likeness (QED) is 0.480. The van der Waals surface area contributed by atoms with Gasteiger partial charge >= 0.3 is 5.97 Å². The van der Waals surface area contributed by atoms with E-state index in [9.17, 15) is 4.79 Å².